The zero-order chi connectivity index (χ0) is 24.8. The van der Waals surface area contributed by atoms with Gasteiger partial charge in [-0.15, -0.1) is 0 Å². The summed E-state index contributed by atoms with van der Waals surface area (Å²) in [6, 6.07) is 0. The maximum atomic E-state index is 11.5. The molecule has 6 fully saturated rings. The van der Waals surface area contributed by atoms with E-state index in [0.717, 1.165) is 42.4 Å². The number of fused-ring (bicyclic) bond motifs is 10. The Morgan fingerprint density at radius 1 is 0.647 bits per heavy atom. The van der Waals surface area contributed by atoms with Crippen molar-refractivity contribution in [2.24, 2.45) is 59.2 Å². The van der Waals surface area contributed by atoms with Crippen molar-refractivity contribution in [2.45, 2.75) is 105 Å². The SMILES string of the molecule is CCC.CCC1CC2C3CCC(C3)C2C1.COC(=O)C1CC2C3CCC(C3)C2C1.COC(C)=O. The summed E-state index contributed by atoms with van der Waals surface area (Å²) in [5.41, 5.74) is 0. The largest absolute Gasteiger partial charge is 0.469 e. The summed E-state index contributed by atoms with van der Waals surface area (Å²) >= 11 is 0. The molecule has 0 heterocycles. The maximum Gasteiger partial charge on any atom is 0.308 e. The van der Waals surface area contributed by atoms with Crippen LogP contribution in [0.4, 0.5) is 0 Å². The monoisotopic (exact) mass is 476 g/mol. The third kappa shape index (κ3) is 6.19. The molecule has 6 saturated carbocycles. The van der Waals surface area contributed by atoms with Gasteiger partial charge in [-0.25, -0.2) is 0 Å². The van der Waals surface area contributed by atoms with Crippen molar-refractivity contribution in [3.8, 4) is 0 Å². The zero-order valence-corrected chi connectivity index (χ0v) is 22.9. The van der Waals surface area contributed by atoms with Gasteiger partial charge >= 0.3 is 11.9 Å². The highest BCUT2D eigenvalue weighted by molar-refractivity contribution is 5.72. The van der Waals surface area contributed by atoms with Gasteiger partial charge in [0.05, 0.1) is 20.1 Å². The minimum Gasteiger partial charge on any atom is -0.469 e. The Labute approximate surface area is 209 Å². The number of rotatable bonds is 2. The van der Waals surface area contributed by atoms with E-state index in [9.17, 15) is 9.59 Å². The summed E-state index contributed by atoms with van der Waals surface area (Å²) < 4.78 is 8.96. The van der Waals surface area contributed by atoms with Crippen LogP contribution in [0.3, 0.4) is 0 Å². The summed E-state index contributed by atoms with van der Waals surface area (Å²) in [4.78, 5) is 21.0. The number of carbonyl (C=O) groups excluding carboxylic acids is 2. The van der Waals surface area contributed by atoms with E-state index in [1.807, 2.05) is 0 Å². The van der Waals surface area contributed by atoms with E-state index in [-0.39, 0.29) is 17.9 Å². The fourth-order valence-electron chi connectivity index (χ4n) is 8.84. The number of hydrogen-bond acceptors (Lipinski definition) is 4. The summed E-state index contributed by atoms with van der Waals surface area (Å²) in [6.45, 7) is 7.99. The highest BCUT2D eigenvalue weighted by Crippen LogP contribution is 2.61. The third-order valence-corrected chi connectivity index (χ3v) is 10.3. The molecule has 0 aromatic carbocycles. The van der Waals surface area contributed by atoms with E-state index in [4.69, 9.17) is 4.74 Å². The van der Waals surface area contributed by atoms with Crippen LogP contribution in [0.2, 0.25) is 0 Å². The highest BCUT2D eigenvalue weighted by Gasteiger charge is 2.53. The van der Waals surface area contributed by atoms with Crippen LogP contribution in [0, 0.1) is 59.2 Å². The van der Waals surface area contributed by atoms with Crippen molar-refractivity contribution in [2.75, 3.05) is 14.2 Å². The van der Waals surface area contributed by atoms with Crippen molar-refractivity contribution in [3.63, 3.8) is 0 Å². The number of carbonyl (C=O) groups is 2. The molecule has 34 heavy (non-hydrogen) atoms. The summed E-state index contributed by atoms with van der Waals surface area (Å²) in [5.74, 6) is 9.54. The topological polar surface area (TPSA) is 52.6 Å². The van der Waals surface area contributed by atoms with Crippen LogP contribution in [0.5, 0.6) is 0 Å². The van der Waals surface area contributed by atoms with Crippen molar-refractivity contribution in [1.82, 2.24) is 0 Å². The number of ether oxygens (including phenoxy) is 2. The second-order valence-corrected chi connectivity index (χ2v) is 12.2. The number of hydrogen-bond donors (Lipinski definition) is 0. The molecule has 8 atom stereocenters. The second kappa shape index (κ2) is 12.8. The normalized spacial score (nSPS) is 41.7. The first-order chi connectivity index (χ1) is 16.4. The van der Waals surface area contributed by atoms with Gasteiger partial charge in [0.2, 0.25) is 0 Å². The summed E-state index contributed by atoms with van der Waals surface area (Å²) in [6.07, 6.45) is 17.3. The summed E-state index contributed by atoms with van der Waals surface area (Å²) in [7, 11) is 2.87. The average molecular weight is 477 g/mol. The molecule has 4 nitrogen and oxygen atoms in total. The Kier molecular flexibility index (Phi) is 10.3. The molecule has 0 aliphatic heterocycles. The molecule has 4 heteroatoms. The zero-order valence-electron chi connectivity index (χ0n) is 22.9. The van der Waals surface area contributed by atoms with Gasteiger partial charge in [0, 0.05) is 6.92 Å². The van der Waals surface area contributed by atoms with Crippen LogP contribution < -0.4 is 0 Å². The molecule has 0 amide bonds. The fourth-order valence-corrected chi connectivity index (χ4v) is 8.84. The fraction of sp³-hybridized carbons (Fsp3) is 0.933. The van der Waals surface area contributed by atoms with Gasteiger partial charge in [-0.2, -0.15) is 0 Å². The lowest BCUT2D eigenvalue weighted by Gasteiger charge is -2.23. The van der Waals surface area contributed by atoms with Gasteiger partial charge in [0.25, 0.3) is 0 Å². The highest BCUT2D eigenvalue weighted by atomic mass is 16.5. The van der Waals surface area contributed by atoms with Crippen LogP contribution in [0.1, 0.15) is 105 Å². The van der Waals surface area contributed by atoms with Crippen molar-refractivity contribution >= 4 is 11.9 Å². The van der Waals surface area contributed by atoms with Crippen LogP contribution in [-0.4, -0.2) is 26.2 Å². The average Bonchev–Trinajstić information content (AvgIpc) is 3.66. The van der Waals surface area contributed by atoms with Crippen molar-refractivity contribution in [3.05, 3.63) is 0 Å². The molecule has 196 valence electrons. The minimum absolute atomic E-state index is 0.0406. The summed E-state index contributed by atoms with van der Waals surface area (Å²) in [5, 5.41) is 0. The van der Waals surface area contributed by atoms with E-state index in [0.29, 0.717) is 0 Å². The molecule has 0 aromatic rings. The molecule has 6 aliphatic rings. The van der Waals surface area contributed by atoms with Gasteiger partial charge in [-0.3, -0.25) is 9.59 Å². The predicted molar refractivity (Wildman–Crippen MR) is 137 cm³/mol. The Bertz CT molecular complexity index is 624. The lowest BCUT2D eigenvalue weighted by Crippen LogP contribution is -2.15. The molecule has 0 aromatic heterocycles. The van der Waals surface area contributed by atoms with Gasteiger partial charge in [0.15, 0.2) is 0 Å². The third-order valence-electron chi connectivity index (χ3n) is 10.3. The standard InChI is InChI=1S/C12H18O2.C12H20.C3H6O2.C3H8/c1-14-12(13)9-5-10-7-2-3-8(4-7)11(10)6-9;1-2-8-5-11-9-3-4-10(7-9)12(11)6-8;1-3(4)5-2;1-3-2/h7-11H,2-6H2,1H3;8-12H,2-7H2,1H3;1-2H3;3H2,1-2H3. The number of methoxy groups -OCH3 is 2. The van der Waals surface area contributed by atoms with E-state index >= 15 is 0 Å². The van der Waals surface area contributed by atoms with Gasteiger partial charge in [-0.05, 0) is 117 Å². The lowest BCUT2D eigenvalue weighted by molar-refractivity contribution is -0.145. The quantitative estimate of drug-likeness (QED) is 0.392. The molecule has 0 saturated heterocycles. The van der Waals surface area contributed by atoms with Gasteiger partial charge < -0.3 is 9.47 Å². The van der Waals surface area contributed by atoms with Gasteiger partial charge in [-0.1, -0.05) is 33.6 Å². The van der Waals surface area contributed by atoms with Crippen LogP contribution in [-0.2, 0) is 19.1 Å². The van der Waals surface area contributed by atoms with Gasteiger partial charge in [0.1, 0.15) is 0 Å². The maximum absolute atomic E-state index is 11.5. The van der Waals surface area contributed by atoms with Crippen LogP contribution in [0.25, 0.3) is 0 Å². The Balaban J connectivity index is 0.000000147. The molecular weight excluding hydrogens is 424 g/mol. The van der Waals surface area contributed by atoms with E-state index in [2.05, 4.69) is 25.5 Å². The lowest BCUT2D eigenvalue weighted by atomic mass is 9.82. The van der Waals surface area contributed by atoms with E-state index < -0.39 is 0 Å². The Morgan fingerprint density at radius 2 is 1.00 bits per heavy atom. The van der Waals surface area contributed by atoms with Crippen molar-refractivity contribution < 1.29 is 19.1 Å². The first-order valence-corrected chi connectivity index (χ1v) is 14.5. The van der Waals surface area contributed by atoms with E-state index in [1.165, 1.54) is 76.9 Å². The van der Waals surface area contributed by atoms with Crippen molar-refractivity contribution in [1.29, 1.82) is 0 Å². The minimum atomic E-state index is -0.245. The van der Waals surface area contributed by atoms with Crippen LogP contribution >= 0.6 is 0 Å². The molecule has 6 rings (SSSR count). The Hall–Kier alpha value is -1.06. The smallest absolute Gasteiger partial charge is 0.308 e. The number of esters is 2. The van der Waals surface area contributed by atoms with E-state index in [1.54, 1.807) is 32.1 Å². The molecular formula is C30H52O4. The van der Waals surface area contributed by atoms with Crippen LogP contribution in [0.15, 0.2) is 0 Å². The predicted octanol–water partition coefficient (Wildman–Crippen LogP) is 7.30. The molecule has 0 N–H and O–H groups in total. The molecule has 8 unspecified atom stereocenters. The second-order valence-electron chi connectivity index (χ2n) is 12.2. The first kappa shape index (κ1) is 27.5. The Morgan fingerprint density at radius 3 is 1.29 bits per heavy atom. The molecule has 4 bridgehead atoms. The first-order valence-electron chi connectivity index (χ1n) is 14.5. The molecule has 0 spiro atoms. The molecule has 6 aliphatic carbocycles. The molecule has 0 radical (unpaired) electrons.